The smallest absolute Gasteiger partial charge is 0.102 e. The van der Waals surface area contributed by atoms with Crippen molar-refractivity contribution in [2.45, 2.75) is 32.9 Å². The Bertz CT molecular complexity index is 719. The molecule has 3 aromatic rings. The molecule has 2 N–H and O–H groups in total. The van der Waals surface area contributed by atoms with Gasteiger partial charge in [0.2, 0.25) is 0 Å². The zero-order valence-electron chi connectivity index (χ0n) is 13.0. The van der Waals surface area contributed by atoms with E-state index in [0.29, 0.717) is 6.54 Å². The number of nitrogens with zero attached hydrogens (tertiary/aromatic N) is 4. The van der Waals surface area contributed by atoms with Crippen molar-refractivity contribution in [2.75, 3.05) is 5.32 Å². The number of anilines is 1. The maximum absolute atomic E-state index is 4.19. The van der Waals surface area contributed by atoms with Crippen molar-refractivity contribution < 1.29 is 0 Å². The number of rotatable bonds is 4. The summed E-state index contributed by atoms with van der Waals surface area (Å²) in [7, 11) is 0. The Kier molecular flexibility index (Phi) is 3.66. The van der Waals surface area contributed by atoms with Gasteiger partial charge in [0, 0.05) is 17.4 Å². The Morgan fingerprint density at radius 2 is 1.91 bits per heavy atom. The molecule has 6 nitrogen and oxygen atoms in total. The number of H-pyrrole nitrogens is 1. The monoisotopic (exact) mass is 296 g/mol. The second-order valence-corrected chi connectivity index (χ2v) is 6.24. The minimum Gasteiger partial charge on any atom is -0.379 e. The fourth-order valence-electron chi connectivity index (χ4n) is 2.09. The Balaban J connectivity index is 1.63. The molecule has 0 saturated carbocycles. The summed E-state index contributed by atoms with van der Waals surface area (Å²) in [6, 6.07) is 8.24. The van der Waals surface area contributed by atoms with Gasteiger partial charge in [-0.05, 0) is 38.5 Å². The highest BCUT2D eigenvalue weighted by molar-refractivity contribution is 5.64. The summed E-state index contributed by atoms with van der Waals surface area (Å²) in [6.45, 7) is 6.97. The number of hydrogen-bond donors (Lipinski definition) is 2. The van der Waals surface area contributed by atoms with E-state index in [1.54, 1.807) is 0 Å². The lowest BCUT2D eigenvalue weighted by Crippen LogP contribution is -2.22. The number of hydrogen-bond acceptors (Lipinski definition) is 4. The van der Waals surface area contributed by atoms with Crippen LogP contribution >= 0.6 is 0 Å². The quantitative estimate of drug-likeness (QED) is 0.776. The molecular formula is C16H20N6. The molecule has 0 aliphatic rings. The fraction of sp³-hybridized carbons (Fsp3) is 0.312. The first kappa shape index (κ1) is 14.3. The summed E-state index contributed by atoms with van der Waals surface area (Å²) in [5.41, 5.74) is 4.15. The Hall–Kier alpha value is -2.63. The van der Waals surface area contributed by atoms with Gasteiger partial charge >= 0.3 is 0 Å². The molecule has 0 saturated heterocycles. The first-order chi connectivity index (χ1) is 10.5. The van der Waals surface area contributed by atoms with E-state index in [1.165, 1.54) is 0 Å². The number of benzene rings is 1. The van der Waals surface area contributed by atoms with Crippen LogP contribution in [0.15, 0.2) is 42.9 Å². The van der Waals surface area contributed by atoms with Crippen LogP contribution in [0.25, 0.3) is 11.1 Å². The van der Waals surface area contributed by atoms with Gasteiger partial charge in [-0.2, -0.15) is 5.10 Å². The Morgan fingerprint density at radius 3 is 2.50 bits per heavy atom. The van der Waals surface area contributed by atoms with Crippen LogP contribution in [0, 0.1) is 0 Å². The van der Waals surface area contributed by atoms with Crippen molar-refractivity contribution in [2.24, 2.45) is 0 Å². The highest BCUT2D eigenvalue weighted by atomic mass is 15.4. The first-order valence-corrected chi connectivity index (χ1v) is 7.27. The number of aromatic nitrogens is 5. The van der Waals surface area contributed by atoms with E-state index in [0.717, 1.165) is 22.5 Å². The summed E-state index contributed by atoms with van der Waals surface area (Å²) >= 11 is 0. The molecule has 0 atom stereocenters. The van der Waals surface area contributed by atoms with Crippen LogP contribution in [-0.2, 0) is 12.1 Å². The van der Waals surface area contributed by atoms with Crippen LogP contribution in [0.1, 0.15) is 26.5 Å². The first-order valence-electron chi connectivity index (χ1n) is 7.27. The van der Waals surface area contributed by atoms with E-state index in [9.17, 15) is 0 Å². The minimum atomic E-state index is -0.0442. The zero-order chi connectivity index (χ0) is 15.6. The molecule has 1 aromatic carbocycles. The second-order valence-electron chi connectivity index (χ2n) is 6.24. The molecular weight excluding hydrogens is 276 g/mol. The summed E-state index contributed by atoms with van der Waals surface area (Å²) in [4.78, 5) is 0. The number of nitrogens with one attached hydrogen (secondary N) is 2. The molecule has 6 heteroatoms. The normalized spacial score (nSPS) is 11.6. The van der Waals surface area contributed by atoms with Crippen LogP contribution in [0.5, 0.6) is 0 Å². The lowest BCUT2D eigenvalue weighted by atomic mass is 10.1. The fourth-order valence-corrected chi connectivity index (χ4v) is 2.09. The largest absolute Gasteiger partial charge is 0.379 e. The molecule has 0 bridgehead atoms. The molecule has 2 heterocycles. The molecule has 0 fully saturated rings. The highest BCUT2D eigenvalue weighted by Gasteiger charge is 2.14. The van der Waals surface area contributed by atoms with Gasteiger partial charge in [-0.15, -0.1) is 5.10 Å². The van der Waals surface area contributed by atoms with Crippen molar-refractivity contribution in [3.8, 4) is 11.1 Å². The molecule has 0 aliphatic carbocycles. The molecule has 22 heavy (non-hydrogen) atoms. The van der Waals surface area contributed by atoms with E-state index in [-0.39, 0.29) is 5.54 Å². The minimum absolute atomic E-state index is 0.0442. The molecule has 3 rings (SSSR count). The summed E-state index contributed by atoms with van der Waals surface area (Å²) in [6.07, 6.45) is 5.67. The van der Waals surface area contributed by atoms with Gasteiger partial charge in [0.15, 0.2) is 0 Å². The Labute approximate surface area is 129 Å². The summed E-state index contributed by atoms with van der Waals surface area (Å²) < 4.78 is 1.88. The molecule has 114 valence electrons. The van der Waals surface area contributed by atoms with E-state index in [4.69, 9.17) is 0 Å². The lowest BCUT2D eigenvalue weighted by Gasteiger charge is -2.17. The average Bonchev–Trinajstić information content (AvgIpc) is 3.16. The predicted molar refractivity (Wildman–Crippen MR) is 86.4 cm³/mol. The molecule has 0 spiro atoms. The van der Waals surface area contributed by atoms with Gasteiger partial charge in [0.1, 0.15) is 5.69 Å². The SMILES string of the molecule is CC(C)(C)n1cc(CNc2ccc(-c3cn[nH]c3)cc2)nn1. The topological polar surface area (TPSA) is 71.4 Å². The van der Waals surface area contributed by atoms with Gasteiger partial charge in [0.25, 0.3) is 0 Å². The van der Waals surface area contributed by atoms with E-state index in [1.807, 2.05) is 23.3 Å². The molecule has 0 aliphatic heterocycles. The maximum Gasteiger partial charge on any atom is 0.102 e. The predicted octanol–water partition coefficient (Wildman–Crippen LogP) is 3.04. The third kappa shape index (κ3) is 3.16. The highest BCUT2D eigenvalue weighted by Crippen LogP contribution is 2.20. The van der Waals surface area contributed by atoms with Crippen molar-refractivity contribution in [3.63, 3.8) is 0 Å². The lowest BCUT2D eigenvalue weighted by molar-refractivity contribution is 0.347. The van der Waals surface area contributed by atoms with Crippen molar-refractivity contribution in [3.05, 3.63) is 48.5 Å². The summed E-state index contributed by atoms with van der Waals surface area (Å²) in [5.74, 6) is 0. The van der Waals surface area contributed by atoms with E-state index >= 15 is 0 Å². The van der Waals surface area contributed by atoms with E-state index in [2.05, 4.69) is 70.9 Å². The molecule has 0 radical (unpaired) electrons. The van der Waals surface area contributed by atoms with Gasteiger partial charge in [-0.3, -0.25) is 5.10 Å². The third-order valence-electron chi connectivity index (χ3n) is 3.42. The standard InChI is InChI=1S/C16H20N6/c1-16(2,3)22-11-15(20-21-22)10-17-14-6-4-12(5-7-14)13-8-18-19-9-13/h4-9,11,17H,10H2,1-3H3,(H,18,19). The third-order valence-corrected chi connectivity index (χ3v) is 3.42. The number of aromatic amines is 1. The average molecular weight is 296 g/mol. The van der Waals surface area contributed by atoms with Gasteiger partial charge in [-0.1, -0.05) is 17.3 Å². The van der Waals surface area contributed by atoms with Gasteiger partial charge in [-0.25, -0.2) is 4.68 Å². The van der Waals surface area contributed by atoms with E-state index < -0.39 is 0 Å². The molecule has 0 unspecified atom stereocenters. The van der Waals surface area contributed by atoms with Crippen LogP contribution in [0.3, 0.4) is 0 Å². The van der Waals surface area contributed by atoms with Crippen LogP contribution in [0.2, 0.25) is 0 Å². The molecule has 0 amide bonds. The Morgan fingerprint density at radius 1 is 1.14 bits per heavy atom. The van der Waals surface area contributed by atoms with Crippen LogP contribution < -0.4 is 5.32 Å². The van der Waals surface area contributed by atoms with Crippen molar-refractivity contribution in [1.82, 2.24) is 25.2 Å². The van der Waals surface area contributed by atoms with Crippen molar-refractivity contribution >= 4 is 5.69 Å². The second kappa shape index (κ2) is 5.63. The van der Waals surface area contributed by atoms with Crippen LogP contribution in [0.4, 0.5) is 5.69 Å². The maximum atomic E-state index is 4.19. The summed E-state index contributed by atoms with van der Waals surface area (Å²) in [5, 5.41) is 18.5. The van der Waals surface area contributed by atoms with Crippen LogP contribution in [-0.4, -0.2) is 25.2 Å². The van der Waals surface area contributed by atoms with Gasteiger partial charge in [0.05, 0.1) is 24.5 Å². The van der Waals surface area contributed by atoms with Gasteiger partial charge < -0.3 is 5.32 Å². The zero-order valence-corrected chi connectivity index (χ0v) is 13.0. The molecule has 2 aromatic heterocycles. The van der Waals surface area contributed by atoms with Crippen molar-refractivity contribution in [1.29, 1.82) is 0 Å².